The minimum absolute atomic E-state index is 0.0179. The molecule has 1 amide bonds. The van der Waals surface area contributed by atoms with Crippen LogP contribution in [0, 0.1) is 5.82 Å². The number of benzene rings is 2. The molecule has 2 N–H and O–H groups in total. The third kappa shape index (κ3) is 3.51. The van der Waals surface area contributed by atoms with Gasteiger partial charge in [0.1, 0.15) is 5.82 Å². The zero-order valence-electron chi connectivity index (χ0n) is 10.4. The van der Waals surface area contributed by atoms with E-state index in [0.717, 1.165) is 6.07 Å². The van der Waals surface area contributed by atoms with Crippen molar-refractivity contribution in [1.82, 2.24) is 0 Å². The molecular weight excluding hydrogens is 320 g/mol. The summed E-state index contributed by atoms with van der Waals surface area (Å²) in [5.41, 5.74) is -0.0329. The van der Waals surface area contributed by atoms with Gasteiger partial charge in [-0.05, 0) is 36.4 Å². The fourth-order valence-corrected chi connectivity index (χ4v) is 2.00. The number of aromatic carboxylic acids is 1. The average Bonchev–Trinajstić information content (AvgIpc) is 2.40. The predicted molar refractivity (Wildman–Crippen MR) is 77.8 cm³/mol. The predicted octanol–water partition coefficient (Wildman–Crippen LogP) is 4.08. The molecule has 2 rings (SSSR count). The second kappa shape index (κ2) is 6.11. The molecule has 0 unspecified atom stereocenters. The number of carboxylic acid groups (broad SMARTS) is 1. The molecule has 0 atom stereocenters. The van der Waals surface area contributed by atoms with Gasteiger partial charge in [-0.25, -0.2) is 9.18 Å². The van der Waals surface area contributed by atoms with Gasteiger partial charge in [0, 0.05) is 5.02 Å². The van der Waals surface area contributed by atoms with Crippen molar-refractivity contribution in [3.8, 4) is 0 Å². The van der Waals surface area contributed by atoms with Crippen LogP contribution in [0.1, 0.15) is 20.7 Å². The van der Waals surface area contributed by atoms with E-state index in [1.54, 1.807) is 0 Å². The lowest BCUT2D eigenvalue weighted by Gasteiger charge is -2.08. The number of carbonyl (C=O) groups is 2. The highest BCUT2D eigenvalue weighted by atomic mass is 35.5. The summed E-state index contributed by atoms with van der Waals surface area (Å²) in [7, 11) is 0. The van der Waals surface area contributed by atoms with Gasteiger partial charge in [-0.15, -0.1) is 0 Å². The third-order valence-corrected chi connectivity index (χ3v) is 3.19. The number of halogens is 3. The molecule has 4 nitrogen and oxygen atoms in total. The van der Waals surface area contributed by atoms with E-state index >= 15 is 0 Å². The van der Waals surface area contributed by atoms with E-state index in [1.807, 2.05) is 0 Å². The minimum atomic E-state index is -1.14. The van der Waals surface area contributed by atoms with Crippen LogP contribution in [-0.2, 0) is 0 Å². The number of anilines is 1. The number of nitrogens with one attached hydrogen (secondary N) is 1. The van der Waals surface area contributed by atoms with Crippen molar-refractivity contribution in [2.75, 3.05) is 5.32 Å². The Balaban J connectivity index is 2.25. The molecule has 2 aromatic carbocycles. The summed E-state index contributed by atoms with van der Waals surface area (Å²) in [5.74, 6) is -2.62. The molecule has 0 heterocycles. The summed E-state index contributed by atoms with van der Waals surface area (Å²) in [6.07, 6.45) is 0. The Bertz CT molecular complexity index is 734. The quantitative estimate of drug-likeness (QED) is 0.892. The molecule has 0 spiro atoms. The van der Waals surface area contributed by atoms with E-state index in [0.29, 0.717) is 0 Å². The van der Waals surface area contributed by atoms with Crippen molar-refractivity contribution >= 4 is 40.8 Å². The molecule has 7 heteroatoms. The summed E-state index contributed by atoms with van der Waals surface area (Å²) in [4.78, 5) is 22.7. The first-order valence-corrected chi connectivity index (χ1v) is 6.43. The van der Waals surface area contributed by atoms with Gasteiger partial charge in [-0.1, -0.05) is 23.2 Å². The minimum Gasteiger partial charge on any atom is -0.478 e. The summed E-state index contributed by atoms with van der Waals surface area (Å²) in [5, 5.41) is 11.4. The van der Waals surface area contributed by atoms with Gasteiger partial charge in [-0.3, -0.25) is 4.79 Å². The van der Waals surface area contributed by atoms with Crippen molar-refractivity contribution in [1.29, 1.82) is 0 Å². The number of rotatable bonds is 3. The highest BCUT2D eigenvalue weighted by Crippen LogP contribution is 2.24. The summed E-state index contributed by atoms with van der Waals surface area (Å²) in [6.45, 7) is 0. The van der Waals surface area contributed by atoms with Crippen LogP contribution in [-0.4, -0.2) is 17.0 Å². The van der Waals surface area contributed by atoms with E-state index in [-0.39, 0.29) is 26.9 Å². The summed E-state index contributed by atoms with van der Waals surface area (Å²) >= 11 is 11.5. The average molecular weight is 328 g/mol. The normalized spacial score (nSPS) is 10.2. The molecule has 2 aromatic rings. The van der Waals surface area contributed by atoms with Crippen LogP contribution < -0.4 is 5.32 Å². The van der Waals surface area contributed by atoms with Crippen LogP contribution in [0.4, 0.5) is 10.1 Å². The number of hydrogen-bond acceptors (Lipinski definition) is 2. The Kier molecular flexibility index (Phi) is 4.45. The van der Waals surface area contributed by atoms with E-state index in [4.69, 9.17) is 28.3 Å². The largest absolute Gasteiger partial charge is 0.478 e. The first-order chi connectivity index (χ1) is 9.88. The maximum absolute atomic E-state index is 13.6. The molecule has 0 saturated carbocycles. The van der Waals surface area contributed by atoms with Gasteiger partial charge in [0.25, 0.3) is 5.91 Å². The van der Waals surface area contributed by atoms with Crippen molar-refractivity contribution in [2.45, 2.75) is 0 Å². The number of amides is 1. The third-order valence-electron chi connectivity index (χ3n) is 2.64. The van der Waals surface area contributed by atoms with Gasteiger partial charge in [-0.2, -0.15) is 0 Å². The summed E-state index contributed by atoms with van der Waals surface area (Å²) < 4.78 is 13.6. The molecular formula is C14H8Cl2FNO3. The molecule has 0 fully saturated rings. The SMILES string of the molecule is O=C(O)c1ccc(NC(=O)c2ccc(Cl)cc2F)c(Cl)c1. The molecule has 108 valence electrons. The maximum atomic E-state index is 13.6. The smallest absolute Gasteiger partial charge is 0.335 e. The van der Waals surface area contributed by atoms with Crippen molar-refractivity contribution < 1.29 is 19.1 Å². The summed E-state index contributed by atoms with van der Waals surface area (Å²) in [6, 6.07) is 7.45. The van der Waals surface area contributed by atoms with Crippen molar-refractivity contribution in [3.63, 3.8) is 0 Å². The first-order valence-electron chi connectivity index (χ1n) is 5.67. The van der Waals surface area contributed by atoms with Crippen LogP contribution >= 0.6 is 23.2 Å². The van der Waals surface area contributed by atoms with Gasteiger partial charge in [0.05, 0.1) is 21.8 Å². The van der Waals surface area contributed by atoms with E-state index in [2.05, 4.69) is 5.32 Å². The zero-order chi connectivity index (χ0) is 15.6. The molecule has 0 aliphatic rings. The maximum Gasteiger partial charge on any atom is 0.335 e. The molecule has 0 aromatic heterocycles. The number of carboxylic acids is 1. The highest BCUT2D eigenvalue weighted by molar-refractivity contribution is 6.34. The van der Waals surface area contributed by atoms with Gasteiger partial charge in [0.2, 0.25) is 0 Å². The lowest BCUT2D eigenvalue weighted by Crippen LogP contribution is -2.14. The van der Waals surface area contributed by atoms with E-state index < -0.39 is 17.7 Å². The van der Waals surface area contributed by atoms with Crippen LogP contribution in [0.15, 0.2) is 36.4 Å². The fraction of sp³-hybridized carbons (Fsp3) is 0. The lowest BCUT2D eigenvalue weighted by molar-refractivity contribution is 0.0696. The van der Waals surface area contributed by atoms with Gasteiger partial charge in [0.15, 0.2) is 0 Å². The number of carbonyl (C=O) groups excluding carboxylic acids is 1. The second-order valence-corrected chi connectivity index (χ2v) is 4.92. The van der Waals surface area contributed by atoms with Gasteiger partial charge >= 0.3 is 5.97 Å². The molecule has 0 radical (unpaired) electrons. The zero-order valence-corrected chi connectivity index (χ0v) is 11.9. The molecule has 21 heavy (non-hydrogen) atoms. The Morgan fingerprint density at radius 2 is 1.81 bits per heavy atom. The number of hydrogen-bond donors (Lipinski definition) is 2. The van der Waals surface area contributed by atoms with Crippen molar-refractivity contribution in [3.05, 3.63) is 63.4 Å². The first kappa shape index (κ1) is 15.3. The Morgan fingerprint density at radius 3 is 2.38 bits per heavy atom. The topological polar surface area (TPSA) is 66.4 Å². The van der Waals surface area contributed by atoms with Crippen LogP contribution in [0.5, 0.6) is 0 Å². The molecule has 0 saturated heterocycles. The standard InChI is InChI=1S/C14H8Cl2FNO3/c15-8-2-3-9(11(17)6-8)13(19)18-12-4-1-7(14(20)21)5-10(12)16/h1-6H,(H,18,19)(H,20,21). The van der Waals surface area contributed by atoms with Crippen molar-refractivity contribution in [2.24, 2.45) is 0 Å². The van der Waals surface area contributed by atoms with Crippen LogP contribution in [0.3, 0.4) is 0 Å². The van der Waals surface area contributed by atoms with Crippen LogP contribution in [0.2, 0.25) is 10.0 Å². The van der Waals surface area contributed by atoms with E-state index in [9.17, 15) is 14.0 Å². The van der Waals surface area contributed by atoms with Gasteiger partial charge < -0.3 is 10.4 Å². The highest BCUT2D eigenvalue weighted by Gasteiger charge is 2.14. The second-order valence-electron chi connectivity index (χ2n) is 4.08. The molecule has 0 bridgehead atoms. The monoisotopic (exact) mass is 327 g/mol. The molecule has 0 aliphatic heterocycles. The Hall–Kier alpha value is -2.11. The Morgan fingerprint density at radius 1 is 1.10 bits per heavy atom. The fourth-order valence-electron chi connectivity index (χ4n) is 1.61. The lowest BCUT2D eigenvalue weighted by atomic mass is 10.1. The molecule has 0 aliphatic carbocycles. The Labute approximate surface area is 129 Å². The van der Waals surface area contributed by atoms with Crippen LogP contribution in [0.25, 0.3) is 0 Å². The van der Waals surface area contributed by atoms with E-state index in [1.165, 1.54) is 30.3 Å².